The summed E-state index contributed by atoms with van der Waals surface area (Å²) in [5.74, 6) is -0.222. The second kappa shape index (κ2) is 7.79. The number of carbonyl (C=O) groups excluding carboxylic acids is 1. The van der Waals surface area contributed by atoms with Gasteiger partial charge in [-0.1, -0.05) is 89.7 Å². The highest BCUT2D eigenvalue weighted by molar-refractivity contribution is 7.13. The fourth-order valence-electron chi connectivity index (χ4n) is 3.19. The number of carbonyl (C=O) groups is 1. The van der Waals surface area contributed by atoms with E-state index in [1.165, 1.54) is 11.3 Å². The average Bonchev–Trinajstić information content (AvgIpc) is 3.05. The standard InChI is InChI=1S/C24H20N2OS/c1-17-10-9-15-20(16-17)23(27)25-24-26(2)21(18-11-5-3-6-12-18)22(28-24)19-13-7-4-8-14-19/h3-16H,1-2H3. The summed E-state index contributed by atoms with van der Waals surface area (Å²) in [6.45, 7) is 1.98. The molecule has 4 aromatic rings. The van der Waals surface area contributed by atoms with E-state index in [9.17, 15) is 4.79 Å². The van der Waals surface area contributed by atoms with Crippen LogP contribution in [0.15, 0.2) is 89.9 Å². The van der Waals surface area contributed by atoms with Crippen LogP contribution in [-0.2, 0) is 7.05 Å². The van der Waals surface area contributed by atoms with Gasteiger partial charge in [0.25, 0.3) is 5.91 Å². The number of aromatic nitrogens is 1. The molecule has 28 heavy (non-hydrogen) atoms. The first-order valence-electron chi connectivity index (χ1n) is 9.10. The molecule has 4 rings (SSSR count). The summed E-state index contributed by atoms with van der Waals surface area (Å²) in [4.78, 5) is 19.0. The van der Waals surface area contributed by atoms with Crippen LogP contribution >= 0.6 is 11.3 Å². The van der Waals surface area contributed by atoms with E-state index in [4.69, 9.17) is 0 Å². The molecule has 0 N–H and O–H groups in total. The van der Waals surface area contributed by atoms with Crippen LogP contribution in [0.5, 0.6) is 0 Å². The van der Waals surface area contributed by atoms with Gasteiger partial charge in [0.05, 0.1) is 10.6 Å². The molecular formula is C24H20N2OS. The van der Waals surface area contributed by atoms with Gasteiger partial charge in [0, 0.05) is 12.6 Å². The monoisotopic (exact) mass is 384 g/mol. The normalized spacial score (nSPS) is 11.6. The fraction of sp³-hybridized carbons (Fsp3) is 0.0833. The Morgan fingerprint density at radius 2 is 1.50 bits per heavy atom. The second-order valence-electron chi connectivity index (χ2n) is 6.64. The lowest BCUT2D eigenvalue weighted by molar-refractivity contribution is 0.0998. The van der Waals surface area contributed by atoms with Crippen LogP contribution in [0, 0.1) is 6.92 Å². The third kappa shape index (κ3) is 3.59. The molecule has 0 saturated carbocycles. The van der Waals surface area contributed by atoms with E-state index in [0.29, 0.717) is 10.4 Å². The van der Waals surface area contributed by atoms with Gasteiger partial charge in [-0.2, -0.15) is 4.99 Å². The first-order chi connectivity index (χ1) is 13.6. The van der Waals surface area contributed by atoms with E-state index in [1.54, 1.807) is 0 Å². The molecule has 0 saturated heterocycles. The Bertz CT molecular complexity index is 1190. The third-order valence-corrected chi connectivity index (χ3v) is 5.76. The Morgan fingerprint density at radius 1 is 0.857 bits per heavy atom. The van der Waals surface area contributed by atoms with Gasteiger partial charge in [-0.25, -0.2) is 0 Å². The summed E-state index contributed by atoms with van der Waals surface area (Å²) in [6.07, 6.45) is 0. The molecule has 0 aliphatic rings. The van der Waals surface area contributed by atoms with E-state index in [-0.39, 0.29) is 5.91 Å². The number of benzene rings is 3. The summed E-state index contributed by atoms with van der Waals surface area (Å²) in [5, 5.41) is 0. The highest BCUT2D eigenvalue weighted by Gasteiger charge is 2.16. The number of hydrogen-bond donors (Lipinski definition) is 0. The summed E-state index contributed by atoms with van der Waals surface area (Å²) in [5.41, 5.74) is 4.94. The maximum absolute atomic E-state index is 12.7. The maximum Gasteiger partial charge on any atom is 0.279 e. The lowest BCUT2D eigenvalue weighted by Crippen LogP contribution is -2.14. The van der Waals surface area contributed by atoms with E-state index in [1.807, 2.05) is 79.2 Å². The Labute approximate surface area is 168 Å². The number of thiazole rings is 1. The van der Waals surface area contributed by atoms with Crippen molar-refractivity contribution >= 4 is 17.2 Å². The van der Waals surface area contributed by atoms with Gasteiger partial charge >= 0.3 is 0 Å². The van der Waals surface area contributed by atoms with Crippen LogP contribution in [0.3, 0.4) is 0 Å². The van der Waals surface area contributed by atoms with Crippen LogP contribution in [-0.4, -0.2) is 10.5 Å². The molecule has 0 aliphatic heterocycles. The predicted octanol–water partition coefficient (Wildman–Crippen LogP) is 5.47. The summed E-state index contributed by atoms with van der Waals surface area (Å²) < 4.78 is 2.01. The maximum atomic E-state index is 12.7. The Hall–Kier alpha value is -3.24. The number of hydrogen-bond acceptors (Lipinski definition) is 2. The highest BCUT2D eigenvalue weighted by Crippen LogP contribution is 2.34. The highest BCUT2D eigenvalue weighted by atomic mass is 32.1. The SMILES string of the molecule is Cc1cccc(C(=O)N=c2sc(-c3ccccc3)c(-c3ccccc3)n2C)c1. The molecule has 3 aromatic carbocycles. The second-order valence-corrected chi connectivity index (χ2v) is 7.62. The van der Waals surface area contributed by atoms with Gasteiger partial charge in [-0.3, -0.25) is 4.79 Å². The van der Waals surface area contributed by atoms with Crippen LogP contribution in [0.25, 0.3) is 21.7 Å². The minimum atomic E-state index is -0.222. The lowest BCUT2D eigenvalue weighted by atomic mass is 10.1. The number of nitrogens with zero attached hydrogens (tertiary/aromatic N) is 2. The van der Waals surface area contributed by atoms with Crippen molar-refractivity contribution in [1.82, 2.24) is 4.57 Å². The molecule has 138 valence electrons. The number of rotatable bonds is 3. The molecular weight excluding hydrogens is 364 g/mol. The van der Waals surface area contributed by atoms with Crippen molar-refractivity contribution in [2.75, 3.05) is 0 Å². The summed E-state index contributed by atoms with van der Waals surface area (Å²) >= 11 is 1.54. The zero-order chi connectivity index (χ0) is 19.5. The number of aryl methyl sites for hydroxylation is 1. The van der Waals surface area contributed by atoms with E-state index >= 15 is 0 Å². The molecule has 0 unspecified atom stereocenters. The van der Waals surface area contributed by atoms with Gasteiger partial charge in [0.2, 0.25) is 0 Å². The van der Waals surface area contributed by atoms with Crippen molar-refractivity contribution < 1.29 is 4.79 Å². The molecule has 0 atom stereocenters. The number of amides is 1. The molecule has 1 amide bonds. The third-order valence-electron chi connectivity index (χ3n) is 4.58. The van der Waals surface area contributed by atoms with Crippen molar-refractivity contribution in [2.45, 2.75) is 6.92 Å². The van der Waals surface area contributed by atoms with Gasteiger partial charge in [0.1, 0.15) is 0 Å². The predicted molar refractivity (Wildman–Crippen MR) is 115 cm³/mol. The smallest absolute Gasteiger partial charge is 0.279 e. The quantitative estimate of drug-likeness (QED) is 0.461. The summed E-state index contributed by atoms with van der Waals surface area (Å²) in [6, 6.07) is 28.0. The van der Waals surface area contributed by atoms with Crippen molar-refractivity contribution in [1.29, 1.82) is 0 Å². The minimum Gasteiger partial charge on any atom is -0.319 e. The molecule has 0 radical (unpaired) electrons. The van der Waals surface area contributed by atoms with Crippen LogP contribution < -0.4 is 4.80 Å². The molecule has 0 fully saturated rings. The van der Waals surface area contributed by atoms with Gasteiger partial charge < -0.3 is 4.57 Å². The summed E-state index contributed by atoms with van der Waals surface area (Å²) in [7, 11) is 1.97. The van der Waals surface area contributed by atoms with Gasteiger partial charge in [0.15, 0.2) is 4.80 Å². The van der Waals surface area contributed by atoms with Gasteiger partial charge in [-0.15, -0.1) is 0 Å². The average molecular weight is 385 g/mol. The first-order valence-corrected chi connectivity index (χ1v) is 9.91. The first kappa shape index (κ1) is 18.1. The zero-order valence-electron chi connectivity index (χ0n) is 15.8. The van der Waals surface area contributed by atoms with E-state index in [0.717, 1.165) is 27.3 Å². The molecule has 0 bridgehead atoms. The molecule has 0 aliphatic carbocycles. The topological polar surface area (TPSA) is 34.4 Å². The Morgan fingerprint density at radius 3 is 2.14 bits per heavy atom. The van der Waals surface area contributed by atoms with E-state index < -0.39 is 0 Å². The van der Waals surface area contributed by atoms with Crippen LogP contribution in [0.4, 0.5) is 0 Å². The van der Waals surface area contributed by atoms with E-state index in [2.05, 4.69) is 29.3 Å². The largest absolute Gasteiger partial charge is 0.319 e. The Balaban J connectivity index is 1.90. The molecule has 3 nitrogen and oxygen atoms in total. The van der Waals surface area contributed by atoms with Crippen molar-refractivity contribution in [2.24, 2.45) is 12.0 Å². The molecule has 1 aromatic heterocycles. The van der Waals surface area contributed by atoms with Crippen LogP contribution in [0.1, 0.15) is 15.9 Å². The lowest BCUT2D eigenvalue weighted by Gasteiger charge is -2.07. The molecule has 0 spiro atoms. The van der Waals surface area contributed by atoms with Crippen LogP contribution in [0.2, 0.25) is 0 Å². The van der Waals surface area contributed by atoms with Gasteiger partial charge in [-0.05, 0) is 30.2 Å². The Kier molecular flexibility index (Phi) is 5.04. The molecule has 1 heterocycles. The fourth-order valence-corrected chi connectivity index (χ4v) is 4.33. The van der Waals surface area contributed by atoms with Crippen molar-refractivity contribution in [3.8, 4) is 21.7 Å². The molecule has 4 heteroatoms. The minimum absolute atomic E-state index is 0.222. The van der Waals surface area contributed by atoms with Crippen molar-refractivity contribution in [3.05, 3.63) is 101 Å². The zero-order valence-corrected chi connectivity index (χ0v) is 16.6. The van der Waals surface area contributed by atoms with Crippen molar-refractivity contribution in [3.63, 3.8) is 0 Å².